The van der Waals surface area contributed by atoms with Gasteiger partial charge in [-0.3, -0.25) is 14.4 Å². The van der Waals surface area contributed by atoms with Crippen LogP contribution in [-0.2, 0) is 9.59 Å². The third-order valence-corrected chi connectivity index (χ3v) is 1.97. The summed E-state index contributed by atoms with van der Waals surface area (Å²) in [4.78, 5) is 32.6. The first-order valence-electron chi connectivity index (χ1n) is 4.86. The first kappa shape index (κ1) is 12.7. The molecule has 1 rings (SSSR count). The van der Waals surface area contributed by atoms with Crippen molar-refractivity contribution in [2.75, 3.05) is 12.4 Å². The van der Waals surface area contributed by atoms with E-state index in [9.17, 15) is 14.4 Å². The Bertz CT molecular complexity index is 439. The van der Waals surface area contributed by atoms with Crippen molar-refractivity contribution in [2.24, 2.45) is 0 Å². The van der Waals surface area contributed by atoms with Gasteiger partial charge in [0.05, 0.1) is 0 Å². The number of aliphatic carboxylic acids is 1. The molecule has 90 valence electrons. The number of carbonyl (C=O) groups is 3. The first-order valence-corrected chi connectivity index (χ1v) is 4.86. The van der Waals surface area contributed by atoms with Crippen LogP contribution >= 0.6 is 0 Å². The number of benzene rings is 1. The molecule has 0 heterocycles. The number of carbonyl (C=O) groups excluding carboxylic acids is 2. The number of rotatable bonds is 4. The Kier molecular flexibility index (Phi) is 4.21. The maximum atomic E-state index is 11.2. The minimum atomic E-state index is -1.19. The van der Waals surface area contributed by atoms with E-state index in [-0.39, 0.29) is 5.91 Å². The zero-order valence-corrected chi connectivity index (χ0v) is 9.19. The van der Waals surface area contributed by atoms with E-state index in [0.29, 0.717) is 11.3 Å². The SMILES string of the molecule is CNC(=O)c1ccc(NC(=O)CC(=O)O)cc1. The van der Waals surface area contributed by atoms with Crippen LogP contribution in [-0.4, -0.2) is 29.9 Å². The Balaban J connectivity index is 2.65. The predicted molar refractivity (Wildman–Crippen MR) is 60.7 cm³/mol. The summed E-state index contributed by atoms with van der Waals surface area (Å²) >= 11 is 0. The third kappa shape index (κ3) is 3.94. The molecule has 0 bridgehead atoms. The minimum Gasteiger partial charge on any atom is -0.481 e. The molecule has 0 saturated carbocycles. The summed E-state index contributed by atoms with van der Waals surface area (Å²) in [6.45, 7) is 0. The monoisotopic (exact) mass is 236 g/mol. The van der Waals surface area contributed by atoms with Crippen molar-refractivity contribution in [3.8, 4) is 0 Å². The second-order valence-electron chi connectivity index (χ2n) is 3.28. The van der Waals surface area contributed by atoms with E-state index in [1.165, 1.54) is 31.3 Å². The van der Waals surface area contributed by atoms with Crippen LogP contribution in [0.4, 0.5) is 5.69 Å². The lowest BCUT2D eigenvalue weighted by Gasteiger charge is -2.04. The molecule has 0 aliphatic rings. The van der Waals surface area contributed by atoms with Crippen LogP contribution < -0.4 is 10.6 Å². The van der Waals surface area contributed by atoms with Crippen LogP contribution in [0, 0.1) is 0 Å². The number of nitrogens with one attached hydrogen (secondary N) is 2. The molecule has 0 aromatic heterocycles. The van der Waals surface area contributed by atoms with E-state index in [0.717, 1.165) is 0 Å². The van der Waals surface area contributed by atoms with Crippen LogP contribution in [0.1, 0.15) is 16.8 Å². The standard InChI is InChI=1S/C11H12N2O4/c1-12-11(17)7-2-4-8(5-3-7)13-9(14)6-10(15)16/h2-5H,6H2,1H3,(H,12,17)(H,13,14)(H,15,16). The van der Waals surface area contributed by atoms with Crippen molar-refractivity contribution >= 4 is 23.5 Å². The van der Waals surface area contributed by atoms with Gasteiger partial charge in [-0.2, -0.15) is 0 Å². The van der Waals surface area contributed by atoms with Crippen molar-refractivity contribution in [2.45, 2.75) is 6.42 Å². The molecule has 0 aliphatic heterocycles. The molecule has 0 aliphatic carbocycles. The van der Waals surface area contributed by atoms with Gasteiger partial charge < -0.3 is 15.7 Å². The zero-order valence-electron chi connectivity index (χ0n) is 9.19. The molecule has 17 heavy (non-hydrogen) atoms. The molecule has 6 heteroatoms. The highest BCUT2D eigenvalue weighted by molar-refractivity contribution is 6.01. The van der Waals surface area contributed by atoms with Crippen molar-refractivity contribution in [3.05, 3.63) is 29.8 Å². The molecule has 0 fully saturated rings. The Hall–Kier alpha value is -2.37. The topological polar surface area (TPSA) is 95.5 Å². The third-order valence-electron chi connectivity index (χ3n) is 1.97. The summed E-state index contributed by atoms with van der Waals surface area (Å²) < 4.78 is 0. The highest BCUT2D eigenvalue weighted by atomic mass is 16.4. The number of anilines is 1. The lowest BCUT2D eigenvalue weighted by Crippen LogP contribution is -2.18. The quantitative estimate of drug-likeness (QED) is 0.662. The average molecular weight is 236 g/mol. The summed E-state index contributed by atoms with van der Waals surface area (Å²) in [6, 6.07) is 6.14. The molecule has 0 radical (unpaired) electrons. The average Bonchev–Trinajstić information content (AvgIpc) is 2.28. The van der Waals surface area contributed by atoms with E-state index in [2.05, 4.69) is 10.6 Å². The lowest BCUT2D eigenvalue weighted by atomic mass is 10.2. The van der Waals surface area contributed by atoms with Gasteiger partial charge in [-0.1, -0.05) is 0 Å². The van der Waals surface area contributed by atoms with Crippen molar-refractivity contribution in [3.63, 3.8) is 0 Å². The molecule has 0 atom stereocenters. The normalized spacial score (nSPS) is 9.47. The van der Waals surface area contributed by atoms with Gasteiger partial charge in [0.25, 0.3) is 5.91 Å². The summed E-state index contributed by atoms with van der Waals surface area (Å²) in [5.41, 5.74) is 0.910. The molecular weight excluding hydrogens is 224 g/mol. The van der Waals surface area contributed by atoms with Crippen molar-refractivity contribution in [1.29, 1.82) is 0 Å². The van der Waals surface area contributed by atoms with Crippen LogP contribution in [0.25, 0.3) is 0 Å². The van der Waals surface area contributed by atoms with E-state index in [1.54, 1.807) is 0 Å². The second kappa shape index (κ2) is 5.64. The van der Waals surface area contributed by atoms with Gasteiger partial charge in [-0.15, -0.1) is 0 Å². The Labute approximate surface area is 97.6 Å². The fourth-order valence-corrected chi connectivity index (χ4v) is 1.19. The van der Waals surface area contributed by atoms with Crippen LogP contribution in [0.15, 0.2) is 24.3 Å². The van der Waals surface area contributed by atoms with E-state index >= 15 is 0 Å². The molecule has 1 aromatic rings. The number of hydrogen-bond donors (Lipinski definition) is 3. The minimum absolute atomic E-state index is 0.228. The Morgan fingerprint density at radius 3 is 2.24 bits per heavy atom. The van der Waals surface area contributed by atoms with Crippen molar-refractivity contribution < 1.29 is 19.5 Å². The van der Waals surface area contributed by atoms with E-state index in [4.69, 9.17) is 5.11 Å². The summed E-state index contributed by atoms with van der Waals surface area (Å²) in [7, 11) is 1.52. The smallest absolute Gasteiger partial charge is 0.312 e. The van der Waals surface area contributed by atoms with Crippen molar-refractivity contribution in [1.82, 2.24) is 5.32 Å². The van der Waals surface area contributed by atoms with Gasteiger partial charge in [0, 0.05) is 18.3 Å². The molecule has 3 N–H and O–H groups in total. The molecule has 0 saturated heterocycles. The van der Waals surface area contributed by atoms with Gasteiger partial charge in [-0.05, 0) is 24.3 Å². The second-order valence-corrected chi connectivity index (χ2v) is 3.28. The Morgan fingerprint density at radius 1 is 1.18 bits per heavy atom. The molecular formula is C11H12N2O4. The summed E-state index contributed by atoms with van der Waals surface area (Å²) in [5, 5.41) is 13.3. The van der Waals surface area contributed by atoms with Crippen LogP contribution in [0.2, 0.25) is 0 Å². The highest BCUT2D eigenvalue weighted by Gasteiger charge is 2.08. The van der Waals surface area contributed by atoms with Gasteiger partial charge in [0.1, 0.15) is 6.42 Å². The molecule has 2 amide bonds. The van der Waals surface area contributed by atoms with E-state index in [1.807, 2.05) is 0 Å². The zero-order chi connectivity index (χ0) is 12.8. The highest BCUT2D eigenvalue weighted by Crippen LogP contribution is 2.09. The maximum absolute atomic E-state index is 11.2. The van der Waals surface area contributed by atoms with Gasteiger partial charge >= 0.3 is 5.97 Å². The maximum Gasteiger partial charge on any atom is 0.312 e. The summed E-state index contributed by atoms with van der Waals surface area (Å²) in [5.74, 6) is -2.02. The van der Waals surface area contributed by atoms with E-state index < -0.39 is 18.3 Å². The number of hydrogen-bond acceptors (Lipinski definition) is 3. The number of carboxylic acid groups (broad SMARTS) is 1. The largest absolute Gasteiger partial charge is 0.481 e. The molecule has 0 spiro atoms. The van der Waals surface area contributed by atoms with Crippen LogP contribution in [0.5, 0.6) is 0 Å². The fourth-order valence-electron chi connectivity index (χ4n) is 1.19. The summed E-state index contributed by atoms with van der Waals surface area (Å²) in [6.07, 6.45) is -0.586. The molecule has 1 aromatic carbocycles. The molecule has 6 nitrogen and oxygen atoms in total. The number of amides is 2. The first-order chi connectivity index (χ1) is 8.02. The molecule has 0 unspecified atom stereocenters. The number of carboxylic acids is 1. The van der Waals surface area contributed by atoms with Gasteiger partial charge in [0.15, 0.2) is 0 Å². The lowest BCUT2D eigenvalue weighted by molar-refractivity contribution is -0.139. The fraction of sp³-hybridized carbons (Fsp3) is 0.182. The van der Waals surface area contributed by atoms with Gasteiger partial charge in [0.2, 0.25) is 5.91 Å². The predicted octanol–water partition coefficient (Wildman–Crippen LogP) is 0.459. The van der Waals surface area contributed by atoms with Gasteiger partial charge in [-0.25, -0.2) is 0 Å². The van der Waals surface area contributed by atoms with Crippen LogP contribution in [0.3, 0.4) is 0 Å². The Morgan fingerprint density at radius 2 is 1.76 bits per heavy atom.